The molecule has 26 heavy (non-hydrogen) atoms. The van der Waals surface area contributed by atoms with Gasteiger partial charge in [0.25, 0.3) is 11.6 Å². The predicted molar refractivity (Wildman–Crippen MR) is 90.1 cm³/mol. The van der Waals surface area contributed by atoms with Gasteiger partial charge in [-0.1, -0.05) is 5.16 Å². The number of nitro benzene ring substituents is 1. The maximum absolute atomic E-state index is 11.4. The number of furan rings is 2. The molecule has 0 saturated heterocycles. The Bertz CT molecular complexity index is 1020. The zero-order chi connectivity index (χ0) is 17.9. The number of anilines is 1. The predicted octanol–water partition coefficient (Wildman–Crippen LogP) is 4.11. The zero-order valence-electron chi connectivity index (χ0n) is 13.3. The molecule has 4 rings (SSSR count). The Balaban J connectivity index is 1.61. The van der Waals surface area contributed by atoms with Gasteiger partial charge in [0.15, 0.2) is 5.76 Å². The van der Waals surface area contributed by atoms with Gasteiger partial charge in [0, 0.05) is 11.6 Å². The second-order valence-electron chi connectivity index (χ2n) is 5.32. The molecule has 0 aliphatic carbocycles. The van der Waals surface area contributed by atoms with Crippen LogP contribution in [0, 0.1) is 10.1 Å². The van der Waals surface area contributed by atoms with Crippen LogP contribution in [0.1, 0.15) is 5.76 Å². The van der Waals surface area contributed by atoms with Gasteiger partial charge in [0.1, 0.15) is 11.4 Å². The first-order chi connectivity index (χ1) is 12.7. The van der Waals surface area contributed by atoms with Crippen molar-refractivity contribution in [2.45, 2.75) is 6.54 Å². The van der Waals surface area contributed by atoms with E-state index >= 15 is 0 Å². The van der Waals surface area contributed by atoms with Crippen LogP contribution in [-0.4, -0.2) is 15.1 Å². The first-order valence-corrected chi connectivity index (χ1v) is 7.63. The van der Waals surface area contributed by atoms with E-state index in [1.807, 2.05) is 0 Å². The van der Waals surface area contributed by atoms with Gasteiger partial charge in [-0.2, -0.15) is 4.98 Å². The maximum Gasteiger partial charge on any atom is 0.293 e. The van der Waals surface area contributed by atoms with Crippen LogP contribution in [0.5, 0.6) is 0 Å². The fourth-order valence-electron chi connectivity index (χ4n) is 2.41. The van der Waals surface area contributed by atoms with Crippen LogP contribution in [0.2, 0.25) is 0 Å². The summed E-state index contributed by atoms with van der Waals surface area (Å²) in [5.41, 5.74) is 0.693. The SMILES string of the molecule is O=[N+]([O-])c1cc(-c2nc(-c3ccco3)no2)ccc1NCc1ccco1. The van der Waals surface area contributed by atoms with Crippen LogP contribution in [0.3, 0.4) is 0 Å². The van der Waals surface area contributed by atoms with Crippen LogP contribution < -0.4 is 5.32 Å². The van der Waals surface area contributed by atoms with Crippen molar-refractivity contribution in [2.75, 3.05) is 5.32 Å². The Kier molecular flexibility index (Phi) is 3.94. The molecule has 0 fully saturated rings. The van der Waals surface area contributed by atoms with Crippen molar-refractivity contribution >= 4 is 11.4 Å². The third kappa shape index (κ3) is 3.05. The Morgan fingerprint density at radius 2 is 1.96 bits per heavy atom. The van der Waals surface area contributed by atoms with Crippen molar-refractivity contribution in [3.8, 4) is 23.0 Å². The number of nitro groups is 1. The van der Waals surface area contributed by atoms with E-state index in [0.29, 0.717) is 29.3 Å². The van der Waals surface area contributed by atoms with Crippen LogP contribution in [0.4, 0.5) is 11.4 Å². The van der Waals surface area contributed by atoms with E-state index in [-0.39, 0.29) is 17.4 Å². The average Bonchev–Trinajstić information content (AvgIpc) is 3.41. The fraction of sp³-hybridized carbons (Fsp3) is 0.0588. The monoisotopic (exact) mass is 352 g/mol. The summed E-state index contributed by atoms with van der Waals surface area (Å²) in [7, 11) is 0. The van der Waals surface area contributed by atoms with Gasteiger partial charge in [0.2, 0.25) is 5.82 Å². The van der Waals surface area contributed by atoms with Gasteiger partial charge in [-0.25, -0.2) is 0 Å². The van der Waals surface area contributed by atoms with Gasteiger partial charge in [-0.05, 0) is 36.4 Å². The van der Waals surface area contributed by atoms with Crippen LogP contribution >= 0.6 is 0 Å². The van der Waals surface area contributed by atoms with E-state index in [0.717, 1.165) is 0 Å². The summed E-state index contributed by atoms with van der Waals surface area (Å²) in [5.74, 6) is 1.55. The molecular formula is C17H12N4O5. The second kappa shape index (κ2) is 6.55. The van der Waals surface area contributed by atoms with Gasteiger partial charge >= 0.3 is 0 Å². The number of nitrogens with zero attached hydrogens (tertiary/aromatic N) is 3. The normalized spacial score (nSPS) is 10.8. The number of nitrogens with one attached hydrogen (secondary N) is 1. The van der Waals surface area contributed by atoms with Crippen molar-refractivity contribution in [2.24, 2.45) is 0 Å². The molecule has 9 heteroatoms. The summed E-state index contributed by atoms with van der Waals surface area (Å²) < 4.78 is 15.6. The van der Waals surface area contributed by atoms with E-state index < -0.39 is 4.92 Å². The molecule has 0 aliphatic rings. The molecule has 0 atom stereocenters. The molecule has 1 N–H and O–H groups in total. The van der Waals surface area contributed by atoms with E-state index in [1.165, 1.54) is 12.3 Å². The van der Waals surface area contributed by atoms with E-state index in [1.54, 1.807) is 42.7 Å². The molecule has 0 spiro atoms. The summed E-state index contributed by atoms with van der Waals surface area (Å²) in [6.45, 7) is 0.330. The number of benzene rings is 1. The smallest absolute Gasteiger partial charge is 0.293 e. The van der Waals surface area contributed by atoms with Crippen molar-refractivity contribution in [3.05, 3.63) is 70.9 Å². The molecule has 9 nitrogen and oxygen atoms in total. The lowest BCUT2D eigenvalue weighted by Gasteiger charge is -2.06. The summed E-state index contributed by atoms with van der Waals surface area (Å²) in [4.78, 5) is 15.2. The molecular weight excluding hydrogens is 340 g/mol. The third-order valence-electron chi connectivity index (χ3n) is 3.64. The summed E-state index contributed by atoms with van der Waals surface area (Å²) in [5, 5.41) is 18.2. The van der Waals surface area contributed by atoms with Gasteiger partial charge in [-0.15, -0.1) is 0 Å². The molecule has 3 aromatic heterocycles. The van der Waals surface area contributed by atoms with Gasteiger partial charge in [-0.3, -0.25) is 10.1 Å². The topological polar surface area (TPSA) is 120 Å². The number of hydrogen-bond acceptors (Lipinski definition) is 8. The molecule has 4 aromatic rings. The Labute approximate surface area is 146 Å². The minimum Gasteiger partial charge on any atom is -0.467 e. The Hall–Kier alpha value is -3.88. The standard InChI is InChI=1S/C17H12N4O5/c22-21(23)14-9-11(5-6-13(14)18-10-12-3-1-7-24-12)17-19-16(20-26-17)15-4-2-8-25-15/h1-9,18H,10H2. The molecule has 0 unspecified atom stereocenters. The number of hydrogen-bond donors (Lipinski definition) is 1. The highest BCUT2D eigenvalue weighted by atomic mass is 16.6. The minimum atomic E-state index is -0.474. The van der Waals surface area contributed by atoms with Gasteiger partial charge in [0.05, 0.1) is 24.0 Å². The Morgan fingerprint density at radius 3 is 2.69 bits per heavy atom. The first-order valence-electron chi connectivity index (χ1n) is 7.63. The van der Waals surface area contributed by atoms with Crippen molar-refractivity contribution < 1.29 is 18.3 Å². The van der Waals surface area contributed by atoms with E-state index in [4.69, 9.17) is 13.4 Å². The lowest BCUT2D eigenvalue weighted by Crippen LogP contribution is -2.02. The average molecular weight is 352 g/mol. The molecule has 0 aliphatic heterocycles. The summed E-state index contributed by atoms with van der Waals surface area (Å²) >= 11 is 0. The molecule has 130 valence electrons. The highest BCUT2D eigenvalue weighted by Crippen LogP contribution is 2.31. The number of aromatic nitrogens is 2. The lowest BCUT2D eigenvalue weighted by molar-refractivity contribution is -0.383. The second-order valence-corrected chi connectivity index (χ2v) is 5.32. The van der Waals surface area contributed by atoms with E-state index in [9.17, 15) is 10.1 Å². The minimum absolute atomic E-state index is 0.105. The fourth-order valence-corrected chi connectivity index (χ4v) is 2.41. The molecule has 3 heterocycles. The highest BCUT2D eigenvalue weighted by molar-refractivity contribution is 5.70. The first kappa shape index (κ1) is 15.6. The van der Waals surface area contributed by atoms with Crippen LogP contribution in [0.25, 0.3) is 23.0 Å². The van der Waals surface area contributed by atoms with Crippen molar-refractivity contribution in [1.82, 2.24) is 10.1 Å². The lowest BCUT2D eigenvalue weighted by atomic mass is 10.1. The van der Waals surface area contributed by atoms with Crippen LogP contribution in [0.15, 0.2) is 68.3 Å². The molecule has 0 bridgehead atoms. The molecule has 1 aromatic carbocycles. The summed E-state index contributed by atoms with van der Waals surface area (Å²) in [6, 6.07) is 11.6. The maximum atomic E-state index is 11.4. The zero-order valence-corrected chi connectivity index (χ0v) is 13.3. The third-order valence-corrected chi connectivity index (χ3v) is 3.64. The largest absolute Gasteiger partial charge is 0.467 e. The van der Waals surface area contributed by atoms with Crippen LogP contribution in [-0.2, 0) is 6.54 Å². The quantitative estimate of drug-likeness (QED) is 0.406. The molecule has 0 radical (unpaired) electrons. The number of rotatable bonds is 6. The van der Waals surface area contributed by atoms with Gasteiger partial charge < -0.3 is 18.7 Å². The molecule has 0 saturated carbocycles. The van der Waals surface area contributed by atoms with Crippen molar-refractivity contribution in [1.29, 1.82) is 0 Å². The van der Waals surface area contributed by atoms with Crippen molar-refractivity contribution in [3.63, 3.8) is 0 Å². The summed E-state index contributed by atoms with van der Waals surface area (Å²) in [6.07, 6.45) is 3.04. The van der Waals surface area contributed by atoms with E-state index in [2.05, 4.69) is 15.5 Å². The Morgan fingerprint density at radius 1 is 1.12 bits per heavy atom. The highest BCUT2D eigenvalue weighted by Gasteiger charge is 2.19. The molecule has 0 amide bonds.